The van der Waals surface area contributed by atoms with Gasteiger partial charge in [0.15, 0.2) is 6.10 Å². The quantitative estimate of drug-likeness (QED) is 0.527. The van der Waals surface area contributed by atoms with E-state index < -0.39 is 0 Å². The highest BCUT2D eigenvalue weighted by Crippen LogP contribution is 1.99. The van der Waals surface area contributed by atoms with Crippen molar-refractivity contribution in [2.24, 2.45) is 0 Å². The van der Waals surface area contributed by atoms with Crippen molar-refractivity contribution in [2.75, 3.05) is 0 Å². The molecule has 2 nitrogen and oxygen atoms in total. The summed E-state index contributed by atoms with van der Waals surface area (Å²) in [5.41, 5.74) is 0. The van der Waals surface area contributed by atoms with E-state index in [0.29, 0.717) is 6.42 Å². The van der Waals surface area contributed by atoms with Gasteiger partial charge in [-0.25, -0.2) is 0 Å². The van der Waals surface area contributed by atoms with Crippen LogP contribution in [0.2, 0.25) is 0 Å². The first-order chi connectivity index (χ1) is 3.31. The Kier molecular flexibility index (Phi) is 3.35. The van der Waals surface area contributed by atoms with E-state index in [0.717, 1.165) is 6.42 Å². The molecule has 1 N–H and O–H groups in total. The normalized spacial score (nSPS) is 8.86. The maximum Gasteiger partial charge on any atom is 0.193 e. The predicted octanol–water partition coefficient (Wildman–Crippen LogP) is 1.21. The van der Waals surface area contributed by atoms with E-state index >= 15 is 0 Å². The van der Waals surface area contributed by atoms with Crippen LogP contribution in [0, 0.1) is 17.4 Å². The molecule has 0 unspecified atom stereocenters. The molecule has 0 aromatic carbocycles. The molecule has 0 aliphatic rings. The Labute approximate surface area is 43.4 Å². The summed E-state index contributed by atoms with van der Waals surface area (Å²) in [5.74, 6) is 0. The lowest BCUT2D eigenvalue weighted by Gasteiger charge is -1.90. The Bertz CT molecular complexity index is 74.6. The third kappa shape index (κ3) is 3.28. The summed E-state index contributed by atoms with van der Waals surface area (Å²) in [5, 5.41) is 16.3. The van der Waals surface area contributed by atoms with Crippen molar-refractivity contribution in [3.8, 4) is 6.07 Å². The van der Waals surface area contributed by atoms with Crippen molar-refractivity contribution in [1.82, 2.24) is 0 Å². The molecule has 0 saturated carbocycles. The third-order valence-corrected chi connectivity index (χ3v) is 0.616. The minimum atomic E-state index is -0.0671. The number of hydrogen-bond donors (Lipinski definition) is 1. The van der Waals surface area contributed by atoms with Crippen LogP contribution in [0.15, 0.2) is 0 Å². The molecule has 39 valence electrons. The van der Waals surface area contributed by atoms with Gasteiger partial charge in [0.05, 0.1) is 0 Å². The first-order valence-electron chi connectivity index (χ1n) is 2.26. The van der Waals surface area contributed by atoms with Crippen LogP contribution in [0.4, 0.5) is 0 Å². The van der Waals surface area contributed by atoms with Gasteiger partial charge in [-0.05, 0) is 6.42 Å². The van der Waals surface area contributed by atoms with Gasteiger partial charge >= 0.3 is 0 Å². The zero-order chi connectivity index (χ0) is 5.70. The van der Waals surface area contributed by atoms with Crippen LogP contribution < -0.4 is 0 Å². The van der Waals surface area contributed by atoms with Crippen LogP contribution >= 0.6 is 0 Å². The highest BCUT2D eigenvalue weighted by atomic mass is 16.3. The van der Waals surface area contributed by atoms with Crippen LogP contribution in [-0.4, -0.2) is 5.11 Å². The molecule has 0 aromatic rings. The van der Waals surface area contributed by atoms with E-state index in [1.54, 1.807) is 6.07 Å². The van der Waals surface area contributed by atoms with Gasteiger partial charge in [0.2, 0.25) is 0 Å². The first kappa shape index (κ1) is 6.45. The van der Waals surface area contributed by atoms with Gasteiger partial charge in [0.1, 0.15) is 6.07 Å². The second kappa shape index (κ2) is 3.63. The van der Waals surface area contributed by atoms with Crippen molar-refractivity contribution in [2.45, 2.75) is 19.8 Å². The Balaban J connectivity index is 3.04. The number of nitriles is 1. The van der Waals surface area contributed by atoms with Crippen molar-refractivity contribution >= 4 is 0 Å². The fourth-order valence-corrected chi connectivity index (χ4v) is 0.293. The lowest BCUT2D eigenvalue weighted by molar-refractivity contribution is 0.323. The molecule has 1 radical (unpaired) electrons. The van der Waals surface area contributed by atoms with Crippen molar-refractivity contribution < 1.29 is 5.11 Å². The summed E-state index contributed by atoms with van der Waals surface area (Å²) in [7, 11) is 0. The second-order valence-electron chi connectivity index (χ2n) is 1.31. The van der Waals surface area contributed by atoms with Gasteiger partial charge < -0.3 is 5.11 Å². The topological polar surface area (TPSA) is 44.0 Å². The summed E-state index contributed by atoms with van der Waals surface area (Å²) in [4.78, 5) is 0. The molecule has 0 aromatic heterocycles. The molecule has 0 spiro atoms. The number of hydrogen-bond acceptors (Lipinski definition) is 2. The highest BCUT2D eigenvalue weighted by Gasteiger charge is 1.97. The molecule has 0 aliphatic heterocycles. The Hall–Kier alpha value is -0.550. The average molecular weight is 98.1 g/mol. The summed E-state index contributed by atoms with van der Waals surface area (Å²) < 4.78 is 0. The van der Waals surface area contributed by atoms with E-state index in [9.17, 15) is 0 Å². The molecular formula is C5H8NO. The van der Waals surface area contributed by atoms with E-state index in [2.05, 4.69) is 0 Å². The van der Waals surface area contributed by atoms with Crippen LogP contribution in [-0.2, 0) is 0 Å². The summed E-state index contributed by atoms with van der Waals surface area (Å²) in [6.45, 7) is 1.91. The third-order valence-electron chi connectivity index (χ3n) is 0.616. The summed E-state index contributed by atoms with van der Waals surface area (Å²) in [6, 6.07) is 1.64. The Morgan fingerprint density at radius 1 is 1.86 bits per heavy atom. The maximum absolute atomic E-state index is 8.41. The number of aliphatic hydroxyl groups excluding tert-OH is 1. The second-order valence-corrected chi connectivity index (χ2v) is 1.31. The van der Waals surface area contributed by atoms with Gasteiger partial charge in [0, 0.05) is 0 Å². The number of nitrogens with zero attached hydrogens (tertiary/aromatic N) is 1. The molecule has 0 bridgehead atoms. The lowest BCUT2D eigenvalue weighted by atomic mass is 10.2. The average Bonchev–Trinajstić information content (AvgIpc) is 1.68. The van der Waals surface area contributed by atoms with Crippen LogP contribution in [0.5, 0.6) is 0 Å². The predicted molar refractivity (Wildman–Crippen MR) is 25.7 cm³/mol. The van der Waals surface area contributed by atoms with Gasteiger partial charge in [-0.3, -0.25) is 0 Å². The van der Waals surface area contributed by atoms with E-state index in [1.807, 2.05) is 6.92 Å². The first-order valence-corrected chi connectivity index (χ1v) is 2.26. The van der Waals surface area contributed by atoms with E-state index in [4.69, 9.17) is 10.4 Å². The Morgan fingerprint density at radius 3 is 2.57 bits per heavy atom. The largest absolute Gasteiger partial charge is 0.372 e. The summed E-state index contributed by atoms with van der Waals surface area (Å²) >= 11 is 0. The van der Waals surface area contributed by atoms with Crippen LogP contribution in [0.3, 0.4) is 0 Å². The van der Waals surface area contributed by atoms with Crippen molar-refractivity contribution in [1.29, 1.82) is 5.26 Å². The monoisotopic (exact) mass is 98.1 g/mol. The summed E-state index contributed by atoms with van der Waals surface area (Å²) in [6.07, 6.45) is 1.28. The molecule has 0 aliphatic carbocycles. The zero-order valence-electron chi connectivity index (χ0n) is 4.31. The van der Waals surface area contributed by atoms with Gasteiger partial charge in [-0.1, -0.05) is 13.3 Å². The van der Waals surface area contributed by atoms with Crippen LogP contribution in [0.25, 0.3) is 0 Å². The zero-order valence-corrected chi connectivity index (χ0v) is 4.31. The van der Waals surface area contributed by atoms with E-state index in [1.165, 1.54) is 0 Å². The smallest absolute Gasteiger partial charge is 0.193 e. The minimum absolute atomic E-state index is 0.0671. The SMILES string of the molecule is CCC[C](O)C#N. The number of rotatable bonds is 2. The minimum Gasteiger partial charge on any atom is -0.372 e. The number of aliphatic hydroxyl groups is 1. The van der Waals surface area contributed by atoms with Crippen molar-refractivity contribution in [3.05, 3.63) is 6.10 Å². The Morgan fingerprint density at radius 2 is 2.43 bits per heavy atom. The molecule has 0 saturated heterocycles. The molecule has 7 heavy (non-hydrogen) atoms. The molecule has 0 heterocycles. The molecule has 0 atom stereocenters. The molecule has 0 fully saturated rings. The molecule has 0 amide bonds. The fourth-order valence-electron chi connectivity index (χ4n) is 0.293. The lowest BCUT2D eigenvalue weighted by Crippen LogP contribution is -1.87. The fraction of sp³-hybridized carbons (Fsp3) is 0.600. The molecular weight excluding hydrogens is 90.1 g/mol. The molecule has 2 heteroatoms. The standard InChI is InChI=1S/C5H8NO/c1-2-3-5(7)4-6/h7H,2-3H2,1H3. The molecule has 0 rings (SSSR count). The maximum atomic E-state index is 8.41. The van der Waals surface area contributed by atoms with Gasteiger partial charge in [-0.15, -0.1) is 0 Å². The van der Waals surface area contributed by atoms with Gasteiger partial charge in [0.25, 0.3) is 0 Å². The van der Waals surface area contributed by atoms with E-state index in [-0.39, 0.29) is 6.10 Å². The van der Waals surface area contributed by atoms with Crippen LogP contribution in [0.1, 0.15) is 19.8 Å². The van der Waals surface area contributed by atoms with Crippen molar-refractivity contribution in [3.63, 3.8) is 0 Å². The highest BCUT2D eigenvalue weighted by molar-refractivity contribution is 4.99. The van der Waals surface area contributed by atoms with Gasteiger partial charge in [-0.2, -0.15) is 5.26 Å².